The summed E-state index contributed by atoms with van der Waals surface area (Å²) in [6.07, 6.45) is 0.336. The van der Waals surface area contributed by atoms with Crippen molar-refractivity contribution in [2.24, 2.45) is 0 Å². The number of amides is 2. The number of ether oxygens (including phenoxy) is 1. The standard InChI is InChI=1S/C30H36ClN3O5S/c1-6-28(30(36)32-21(2)3)33(19-23-8-7-9-26(18-23)39-5)29(35)20-34(25-14-10-22(4)11-15-25)40(37,38)27-16-12-24(31)13-17-27/h7-18,21,28H,6,19-20H2,1-5H3,(H,32,36)/t28-/m0/s1. The van der Waals surface area contributed by atoms with E-state index in [9.17, 15) is 18.0 Å². The van der Waals surface area contributed by atoms with Crippen LogP contribution in [0, 0.1) is 6.92 Å². The van der Waals surface area contributed by atoms with Crippen LogP contribution in [0.3, 0.4) is 0 Å². The Kier molecular flexibility index (Phi) is 10.6. The first-order valence-corrected chi connectivity index (χ1v) is 14.9. The molecule has 10 heteroatoms. The highest BCUT2D eigenvalue weighted by atomic mass is 35.5. The summed E-state index contributed by atoms with van der Waals surface area (Å²) in [4.78, 5) is 28.7. The van der Waals surface area contributed by atoms with Crippen LogP contribution in [0.1, 0.15) is 38.3 Å². The highest BCUT2D eigenvalue weighted by Crippen LogP contribution is 2.26. The molecular weight excluding hydrogens is 550 g/mol. The summed E-state index contributed by atoms with van der Waals surface area (Å²) in [6.45, 7) is 6.97. The van der Waals surface area contributed by atoms with Crippen LogP contribution in [0.15, 0.2) is 77.7 Å². The number of benzene rings is 3. The van der Waals surface area contributed by atoms with Gasteiger partial charge in [0.25, 0.3) is 10.0 Å². The molecule has 3 aromatic rings. The second-order valence-corrected chi connectivity index (χ2v) is 12.1. The molecule has 0 saturated carbocycles. The second kappa shape index (κ2) is 13.7. The molecule has 214 valence electrons. The molecule has 1 N–H and O–H groups in total. The molecule has 0 unspecified atom stereocenters. The lowest BCUT2D eigenvalue weighted by molar-refractivity contribution is -0.140. The van der Waals surface area contributed by atoms with Gasteiger partial charge in [0.1, 0.15) is 18.3 Å². The number of methoxy groups -OCH3 is 1. The summed E-state index contributed by atoms with van der Waals surface area (Å²) in [5, 5.41) is 3.28. The largest absolute Gasteiger partial charge is 0.497 e. The summed E-state index contributed by atoms with van der Waals surface area (Å²) < 4.78 is 34.1. The predicted octanol–water partition coefficient (Wildman–Crippen LogP) is 5.18. The summed E-state index contributed by atoms with van der Waals surface area (Å²) in [5.41, 5.74) is 2.01. The molecule has 2 amide bonds. The minimum atomic E-state index is -4.16. The van der Waals surface area contributed by atoms with Crippen molar-refractivity contribution in [1.29, 1.82) is 0 Å². The van der Waals surface area contributed by atoms with Crippen molar-refractivity contribution >= 4 is 39.1 Å². The lowest BCUT2D eigenvalue weighted by Crippen LogP contribution is -2.53. The number of rotatable bonds is 12. The number of carbonyl (C=O) groups is 2. The van der Waals surface area contributed by atoms with Gasteiger partial charge in [0, 0.05) is 17.6 Å². The van der Waals surface area contributed by atoms with Gasteiger partial charge in [0.2, 0.25) is 11.8 Å². The molecule has 1 atom stereocenters. The van der Waals surface area contributed by atoms with Crippen molar-refractivity contribution in [2.75, 3.05) is 18.0 Å². The number of carbonyl (C=O) groups excluding carboxylic acids is 2. The Morgan fingerprint density at radius 2 is 1.65 bits per heavy atom. The van der Waals surface area contributed by atoms with Crippen LogP contribution in [0.4, 0.5) is 5.69 Å². The fraction of sp³-hybridized carbons (Fsp3) is 0.333. The average Bonchev–Trinajstić information content (AvgIpc) is 2.92. The summed E-state index contributed by atoms with van der Waals surface area (Å²) in [7, 11) is -2.61. The Bertz CT molecular complexity index is 1410. The van der Waals surface area contributed by atoms with Gasteiger partial charge in [-0.2, -0.15) is 0 Å². The van der Waals surface area contributed by atoms with Gasteiger partial charge >= 0.3 is 0 Å². The van der Waals surface area contributed by atoms with E-state index in [1.165, 1.54) is 29.2 Å². The van der Waals surface area contributed by atoms with E-state index >= 15 is 0 Å². The van der Waals surface area contributed by atoms with E-state index in [0.29, 0.717) is 22.9 Å². The lowest BCUT2D eigenvalue weighted by atomic mass is 10.1. The highest BCUT2D eigenvalue weighted by Gasteiger charge is 2.33. The zero-order chi connectivity index (χ0) is 29.4. The van der Waals surface area contributed by atoms with Gasteiger partial charge in [-0.25, -0.2) is 8.42 Å². The van der Waals surface area contributed by atoms with E-state index in [-0.39, 0.29) is 23.4 Å². The molecule has 0 spiro atoms. The van der Waals surface area contributed by atoms with Gasteiger partial charge in [0.05, 0.1) is 17.7 Å². The average molecular weight is 586 g/mol. The van der Waals surface area contributed by atoms with Gasteiger partial charge < -0.3 is 15.0 Å². The molecule has 0 aliphatic heterocycles. The van der Waals surface area contributed by atoms with Gasteiger partial charge in [0.15, 0.2) is 0 Å². The second-order valence-electron chi connectivity index (χ2n) is 9.76. The summed E-state index contributed by atoms with van der Waals surface area (Å²) in [6, 6.07) is 18.9. The van der Waals surface area contributed by atoms with Crippen molar-refractivity contribution < 1.29 is 22.7 Å². The van der Waals surface area contributed by atoms with Gasteiger partial charge in [-0.05, 0) is 81.3 Å². The zero-order valence-electron chi connectivity index (χ0n) is 23.4. The molecule has 8 nitrogen and oxygen atoms in total. The minimum absolute atomic E-state index is 0.00536. The maximum atomic E-state index is 14.1. The number of aryl methyl sites for hydroxylation is 1. The van der Waals surface area contributed by atoms with Crippen LogP contribution in [0.5, 0.6) is 5.75 Å². The van der Waals surface area contributed by atoms with E-state index < -0.39 is 28.5 Å². The fourth-order valence-electron chi connectivity index (χ4n) is 4.24. The zero-order valence-corrected chi connectivity index (χ0v) is 25.0. The van der Waals surface area contributed by atoms with Crippen molar-refractivity contribution in [3.8, 4) is 5.75 Å². The van der Waals surface area contributed by atoms with Crippen LogP contribution in [-0.4, -0.2) is 50.9 Å². The maximum absolute atomic E-state index is 14.1. The number of halogens is 1. The number of nitrogens with one attached hydrogen (secondary N) is 1. The SMILES string of the molecule is CC[C@@H](C(=O)NC(C)C)N(Cc1cccc(OC)c1)C(=O)CN(c1ccc(C)cc1)S(=O)(=O)c1ccc(Cl)cc1. The normalized spacial score (nSPS) is 12.1. The van der Waals surface area contributed by atoms with E-state index in [2.05, 4.69) is 5.32 Å². The molecule has 0 aliphatic carbocycles. The molecule has 0 fully saturated rings. The Hall–Kier alpha value is -3.56. The summed E-state index contributed by atoms with van der Waals surface area (Å²) >= 11 is 6.00. The van der Waals surface area contributed by atoms with Gasteiger partial charge in [-0.15, -0.1) is 0 Å². The molecule has 0 aliphatic rings. The first-order valence-electron chi connectivity index (χ1n) is 13.0. The molecule has 0 radical (unpaired) electrons. The molecule has 3 rings (SSSR count). The number of hydrogen-bond donors (Lipinski definition) is 1. The van der Waals surface area contributed by atoms with Crippen LogP contribution in [0.25, 0.3) is 0 Å². The van der Waals surface area contributed by atoms with Gasteiger partial charge in [-0.3, -0.25) is 13.9 Å². The molecule has 40 heavy (non-hydrogen) atoms. The van der Waals surface area contributed by atoms with Crippen molar-refractivity contribution in [1.82, 2.24) is 10.2 Å². The quantitative estimate of drug-likeness (QED) is 0.316. The minimum Gasteiger partial charge on any atom is -0.497 e. The third-order valence-corrected chi connectivity index (χ3v) is 8.35. The van der Waals surface area contributed by atoms with Crippen molar-refractivity contribution in [2.45, 2.75) is 57.6 Å². The monoisotopic (exact) mass is 585 g/mol. The van der Waals surface area contributed by atoms with E-state index in [1.54, 1.807) is 49.6 Å². The van der Waals surface area contributed by atoms with E-state index in [1.807, 2.05) is 33.8 Å². The number of nitrogens with zero attached hydrogens (tertiary/aromatic N) is 2. The lowest BCUT2D eigenvalue weighted by Gasteiger charge is -2.33. The first-order chi connectivity index (χ1) is 19.0. The third-order valence-electron chi connectivity index (χ3n) is 6.31. The Labute approximate surface area is 241 Å². The Balaban J connectivity index is 2.06. The highest BCUT2D eigenvalue weighted by molar-refractivity contribution is 7.92. The number of sulfonamides is 1. The molecule has 0 heterocycles. The Morgan fingerprint density at radius 1 is 1.00 bits per heavy atom. The number of anilines is 1. The topological polar surface area (TPSA) is 96.0 Å². The Morgan fingerprint density at radius 3 is 2.23 bits per heavy atom. The molecule has 0 bridgehead atoms. The van der Waals surface area contributed by atoms with Crippen LogP contribution < -0.4 is 14.4 Å². The molecule has 0 saturated heterocycles. The first kappa shape index (κ1) is 31.0. The maximum Gasteiger partial charge on any atom is 0.264 e. The van der Waals surface area contributed by atoms with E-state index in [0.717, 1.165) is 15.4 Å². The van der Waals surface area contributed by atoms with E-state index in [4.69, 9.17) is 16.3 Å². The summed E-state index contributed by atoms with van der Waals surface area (Å²) in [5.74, 6) is -0.223. The molecule has 3 aromatic carbocycles. The van der Waals surface area contributed by atoms with Crippen molar-refractivity contribution in [3.63, 3.8) is 0 Å². The van der Waals surface area contributed by atoms with Crippen molar-refractivity contribution in [3.05, 3.63) is 88.9 Å². The molecule has 0 aromatic heterocycles. The molecular formula is C30H36ClN3O5S. The van der Waals surface area contributed by atoms with Crippen LogP contribution in [-0.2, 0) is 26.2 Å². The van der Waals surface area contributed by atoms with Gasteiger partial charge in [-0.1, -0.05) is 48.4 Å². The fourth-order valence-corrected chi connectivity index (χ4v) is 5.78. The van der Waals surface area contributed by atoms with Crippen LogP contribution >= 0.6 is 11.6 Å². The smallest absolute Gasteiger partial charge is 0.264 e. The third kappa shape index (κ3) is 7.76. The van der Waals surface area contributed by atoms with Crippen LogP contribution in [0.2, 0.25) is 5.02 Å². The predicted molar refractivity (Wildman–Crippen MR) is 158 cm³/mol. The number of hydrogen-bond acceptors (Lipinski definition) is 5.